The van der Waals surface area contributed by atoms with Crippen LogP contribution in [0.5, 0.6) is 0 Å². The molecule has 1 aliphatic heterocycles. The van der Waals surface area contributed by atoms with Gasteiger partial charge in [0, 0.05) is 6.20 Å². The first kappa shape index (κ1) is 35.1. The van der Waals surface area contributed by atoms with Crippen molar-refractivity contribution in [2.24, 2.45) is 0 Å². The Hall–Kier alpha value is -2.11. The highest BCUT2D eigenvalue weighted by Gasteiger charge is 2.59. The fourth-order valence-electron chi connectivity index (χ4n) is 5.09. The minimum absolute atomic E-state index is 0.158. The lowest BCUT2D eigenvalue weighted by atomic mass is 10.0. The number of hydrogen-bond donors (Lipinski definition) is 3. The van der Waals surface area contributed by atoms with Gasteiger partial charge in [-0.2, -0.15) is 13.8 Å². The third-order valence-electron chi connectivity index (χ3n) is 7.60. The van der Waals surface area contributed by atoms with Gasteiger partial charge in [0.15, 0.2) is 6.10 Å². The van der Waals surface area contributed by atoms with Crippen molar-refractivity contribution in [3.8, 4) is 0 Å². The van der Waals surface area contributed by atoms with E-state index >= 15 is 0 Å². The summed E-state index contributed by atoms with van der Waals surface area (Å²) in [7, 11) is 0. The number of nitrogens with one attached hydrogen (secondary N) is 1. The van der Waals surface area contributed by atoms with Crippen molar-refractivity contribution in [3.05, 3.63) is 22.7 Å². The second kappa shape index (κ2) is 19.9. The molecule has 9 nitrogen and oxygen atoms in total. The molecule has 1 aromatic heterocycles. The fraction of sp³-hybridized carbons (Fsp3) is 0.833. The lowest BCUT2D eigenvalue weighted by molar-refractivity contribution is -0.140. The molecule has 2 heterocycles. The molecule has 41 heavy (non-hydrogen) atoms. The van der Waals surface area contributed by atoms with Gasteiger partial charge in [0.2, 0.25) is 6.23 Å². The second-order valence-electron chi connectivity index (χ2n) is 11.1. The molecule has 11 heteroatoms. The number of anilines is 1. The topological polar surface area (TPSA) is 123 Å². The highest BCUT2D eigenvalue weighted by atomic mass is 19.3. The number of nitrogens with zero attached hydrogens (tertiary/aromatic N) is 2. The smallest absolute Gasteiger partial charge is 0.412 e. The van der Waals surface area contributed by atoms with Crippen LogP contribution < -0.4 is 11.0 Å². The molecule has 2 rings (SSSR count). The van der Waals surface area contributed by atoms with Gasteiger partial charge >= 0.3 is 17.7 Å². The van der Waals surface area contributed by atoms with Crippen molar-refractivity contribution in [3.63, 3.8) is 0 Å². The third-order valence-corrected chi connectivity index (χ3v) is 7.60. The van der Waals surface area contributed by atoms with Crippen molar-refractivity contribution in [1.82, 2.24) is 9.55 Å². The average molecular weight is 588 g/mol. The molecule has 1 aliphatic rings. The van der Waals surface area contributed by atoms with Gasteiger partial charge in [0.25, 0.3) is 0 Å². The predicted octanol–water partition coefficient (Wildman–Crippen LogP) is 6.72. The summed E-state index contributed by atoms with van der Waals surface area (Å²) in [5, 5.41) is 21.0. The molecule has 1 amide bonds. The summed E-state index contributed by atoms with van der Waals surface area (Å²) in [6, 6.07) is 1.15. The van der Waals surface area contributed by atoms with Crippen molar-refractivity contribution in [2.45, 2.75) is 147 Å². The number of alkyl halides is 2. The molecule has 0 aromatic carbocycles. The van der Waals surface area contributed by atoms with E-state index in [4.69, 9.17) is 14.6 Å². The van der Waals surface area contributed by atoms with Gasteiger partial charge in [0.05, 0.1) is 13.2 Å². The number of halogens is 2. The summed E-state index contributed by atoms with van der Waals surface area (Å²) >= 11 is 0. The minimum atomic E-state index is -3.81. The maximum Gasteiger partial charge on any atom is 0.412 e. The fourth-order valence-corrected chi connectivity index (χ4v) is 5.09. The van der Waals surface area contributed by atoms with Gasteiger partial charge in [-0.1, -0.05) is 116 Å². The number of aromatic nitrogens is 2. The Kier molecular flexibility index (Phi) is 17.0. The highest BCUT2D eigenvalue weighted by molar-refractivity contribution is 5.83. The molecule has 0 spiro atoms. The third kappa shape index (κ3) is 12.7. The maximum absolute atomic E-state index is 14.3. The summed E-state index contributed by atoms with van der Waals surface area (Å²) in [5.74, 6) is -3.96. The van der Waals surface area contributed by atoms with Gasteiger partial charge in [-0.3, -0.25) is 9.88 Å². The number of hydrogen-bond acceptors (Lipinski definition) is 7. The van der Waals surface area contributed by atoms with Crippen molar-refractivity contribution in [2.75, 3.05) is 18.5 Å². The Morgan fingerprint density at radius 2 is 1.44 bits per heavy atom. The lowest BCUT2D eigenvalue weighted by Gasteiger charge is -2.21. The Balaban J connectivity index is 1.46. The van der Waals surface area contributed by atoms with E-state index in [1.54, 1.807) is 0 Å². The van der Waals surface area contributed by atoms with Crippen molar-refractivity contribution < 1.29 is 33.3 Å². The zero-order chi connectivity index (χ0) is 29.9. The van der Waals surface area contributed by atoms with Crippen LogP contribution in [0.1, 0.15) is 129 Å². The molecule has 1 aromatic rings. The first-order chi connectivity index (χ1) is 19.8. The molecule has 0 bridgehead atoms. The molecule has 0 radical (unpaired) electrons. The predicted molar refractivity (Wildman–Crippen MR) is 154 cm³/mol. The van der Waals surface area contributed by atoms with Crippen molar-refractivity contribution >= 4 is 11.9 Å². The Morgan fingerprint density at radius 1 is 0.951 bits per heavy atom. The van der Waals surface area contributed by atoms with Gasteiger partial charge in [-0.25, -0.2) is 9.59 Å². The molecular formula is C30H51F2N3O6. The van der Waals surface area contributed by atoms with E-state index < -0.39 is 42.7 Å². The summed E-state index contributed by atoms with van der Waals surface area (Å²) in [5.41, 5.74) is -1.11. The minimum Gasteiger partial charge on any atom is -0.449 e. The molecule has 3 unspecified atom stereocenters. The summed E-state index contributed by atoms with van der Waals surface area (Å²) in [6.07, 6.45) is 17.1. The first-order valence-corrected chi connectivity index (χ1v) is 15.7. The molecule has 0 saturated carbocycles. The number of unbranched alkanes of at least 4 members (excludes halogenated alkanes) is 17. The number of carbonyl (C=O) groups is 1. The van der Waals surface area contributed by atoms with E-state index in [0.29, 0.717) is 4.57 Å². The van der Waals surface area contributed by atoms with E-state index in [-0.39, 0.29) is 12.4 Å². The molecule has 3 N–H and O–H groups in total. The van der Waals surface area contributed by atoms with Crippen LogP contribution in [0.4, 0.5) is 19.4 Å². The van der Waals surface area contributed by atoms with Gasteiger partial charge < -0.3 is 19.7 Å². The molecule has 1 fully saturated rings. The van der Waals surface area contributed by atoms with Gasteiger partial charge in [-0.05, 0) is 12.5 Å². The highest BCUT2D eigenvalue weighted by Crippen LogP contribution is 2.42. The molecular weight excluding hydrogens is 536 g/mol. The lowest BCUT2D eigenvalue weighted by Crippen LogP contribution is -2.41. The summed E-state index contributed by atoms with van der Waals surface area (Å²) < 4.78 is 39.1. The normalized spacial score (nSPS) is 19.9. The number of carbonyl (C=O) groups excluding carboxylic acids is 1. The van der Waals surface area contributed by atoms with E-state index in [0.717, 1.165) is 31.5 Å². The van der Waals surface area contributed by atoms with Crippen LogP contribution in [-0.2, 0) is 9.47 Å². The van der Waals surface area contributed by atoms with Crippen LogP contribution in [0, 0.1) is 0 Å². The number of amides is 1. The first-order valence-electron chi connectivity index (χ1n) is 15.7. The molecule has 236 valence electrons. The number of aliphatic hydroxyl groups excluding tert-OH is 2. The number of rotatable bonds is 22. The summed E-state index contributed by atoms with van der Waals surface area (Å²) in [6.45, 7) is 1.65. The van der Waals surface area contributed by atoms with Crippen LogP contribution >= 0.6 is 0 Å². The zero-order valence-corrected chi connectivity index (χ0v) is 24.7. The van der Waals surface area contributed by atoms with Crippen LogP contribution in [0.15, 0.2) is 17.1 Å². The largest absolute Gasteiger partial charge is 0.449 e. The monoisotopic (exact) mass is 587 g/mol. The van der Waals surface area contributed by atoms with E-state index in [1.165, 1.54) is 96.3 Å². The Bertz CT molecular complexity index is 916. The number of aliphatic hydroxyl groups is 2. The molecule has 1 saturated heterocycles. The van der Waals surface area contributed by atoms with E-state index in [2.05, 4.69) is 17.2 Å². The molecule has 3 atom stereocenters. The van der Waals surface area contributed by atoms with E-state index in [1.807, 2.05) is 0 Å². The van der Waals surface area contributed by atoms with Crippen LogP contribution in [-0.4, -0.2) is 57.2 Å². The second-order valence-corrected chi connectivity index (χ2v) is 11.1. The van der Waals surface area contributed by atoms with Crippen LogP contribution in [0.25, 0.3) is 0 Å². The summed E-state index contributed by atoms with van der Waals surface area (Å²) in [4.78, 5) is 27.8. The average Bonchev–Trinajstić information content (AvgIpc) is 3.17. The standard InChI is InChI=1S/C30H51F2N3O6/c1-2-3-4-5-6-7-8-9-10-11-12-13-14-15-16-17-18-19-22-40-29(39)34-25-20-21-35(28(38)33-25)27-30(31,32)26(37)24(23-36)41-27/h20-21,24,26-27,36-37H,2-19,22-23H2,1H3,(H,33,34,38,39). The SMILES string of the molecule is CCCCCCCCCCCCCCCCCCCCOC(=O)Nc1ccn(C2OC(CO)C(O)C2(F)F)c(=O)n1. The van der Waals surface area contributed by atoms with Gasteiger partial charge in [0.1, 0.15) is 11.9 Å². The van der Waals surface area contributed by atoms with Crippen LogP contribution in [0.2, 0.25) is 0 Å². The van der Waals surface area contributed by atoms with Crippen molar-refractivity contribution in [1.29, 1.82) is 0 Å². The maximum atomic E-state index is 14.3. The van der Waals surface area contributed by atoms with Gasteiger partial charge in [-0.15, -0.1) is 0 Å². The van der Waals surface area contributed by atoms with E-state index in [9.17, 15) is 23.5 Å². The number of ether oxygens (including phenoxy) is 2. The quantitative estimate of drug-likeness (QED) is 0.129. The zero-order valence-electron chi connectivity index (χ0n) is 24.7. The Labute approximate surface area is 243 Å². The van der Waals surface area contributed by atoms with Crippen LogP contribution in [0.3, 0.4) is 0 Å². The Morgan fingerprint density at radius 3 is 1.88 bits per heavy atom. The molecule has 0 aliphatic carbocycles.